The molecular formula is C9H17FS. The molecule has 0 aromatic heterocycles. The van der Waals surface area contributed by atoms with Crippen LogP contribution in [0.1, 0.15) is 26.2 Å². The van der Waals surface area contributed by atoms with E-state index in [1.807, 2.05) is 6.92 Å². The van der Waals surface area contributed by atoms with E-state index in [4.69, 9.17) is 0 Å². The zero-order chi connectivity index (χ0) is 8.43. The number of alkyl halides is 1. The Hall–Kier alpha value is 0.150. The van der Waals surface area contributed by atoms with Crippen molar-refractivity contribution in [2.24, 2.45) is 5.92 Å². The summed E-state index contributed by atoms with van der Waals surface area (Å²) in [5.41, 5.74) is 0. The molecule has 0 radical (unpaired) electrons. The van der Waals surface area contributed by atoms with Crippen molar-refractivity contribution >= 4 is 16.4 Å². The van der Waals surface area contributed by atoms with Gasteiger partial charge in [-0.2, -0.15) is 10.5 Å². The molecule has 1 aliphatic rings. The second-order valence-corrected chi connectivity index (χ2v) is 5.57. The summed E-state index contributed by atoms with van der Waals surface area (Å²) in [5.74, 6) is 4.20. The van der Waals surface area contributed by atoms with E-state index in [1.54, 1.807) is 0 Å². The van der Waals surface area contributed by atoms with Crippen molar-refractivity contribution in [3.63, 3.8) is 0 Å². The van der Waals surface area contributed by atoms with Crippen LogP contribution in [-0.2, 0) is 0 Å². The van der Waals surface area contributed by atoms with E-state index >= 15 is 0 Å². The summed E-state index contributed by atoms with van der Waals surface area (Å²) in [4.78, 5) is 0. The monoisotopic (exact) mass is 176 g/mol. The van der Waals surface area contributed by atoms with Crippen molar-refractivity contribution < 1.29 is 4.39 Å². The highest BCUT2D eigenvalue weighted by Gasteiger charge is 2.30. The highest BCUT2D eigenvalue weighted by atomic mass is 32.2. The van der Waals surface area contributed by atoms with Crippen LogP contribution in [0.15, 0.2) is 0 Å². The topological polar surface area (TPSA) is 0 Å². The molecular weight excluding hydrogens is 159 g/mol. The standard InChI is InChI=1S/C9H17FS/c1-7-5-4-6-8(9(7)10)11(2)3/h7-9H,2,4-6H2,1,3H3. The summed E-state index contributed by atoms with van der Waals surface area (Å²) in [6.45, 7) is 2.02. The van der Waals surface area contributed by atoms with Gasteiger partial charge in [0.15, 0.2) is 0 Å². The van der Waals surface area contributed by atoms with Crippen LogP contribution >= 0.6 is 10.5 Å². The molecule has 0 heterocycles. The molecule has 0 aromatic rings. The normalized spacial score (nSPS) is 41.9. The molecule has 1 rings (SSSR count). The van der Waals surface area contributed by atoms with Gasteiger partial charge in [0.25, 0.3) is 0 Å². The molecule has 4 unspecified atom stereocenters. The van der Waals surface area contributed by atoms with Crippen LogP contribution in [0.5, 0.6) is 0 Å². The van der Waals surface area contributed by atoms with Gasteiger partial charge in [-0.25, -0.2) is 4.39 Å². The van der Waals surface area contributed by atoms with Crippen LogP contribution in [-0.4, -0.2) is 23.5 Å². The van der Waals surface area contributed by atoms with Gasteiger partial charge < -0.3 is 0 Å². The molecule has 0 bridgehead atoms. The summed E-state index contributed by atoms with van der Waals surface area (Å²) in [5, 5.41) is 0.249. The molecule has 1 saturated carbocycles. The van der Waals surface area contributed by atoms with E-state index in [2.05, 4.69) is 12.1 Å². The fourth-order valence-corrected chi connectivity index (χ4v) is 3.03. The Morgan fingerprint density at radius 2 is 2.09 bits per heavy atom. The third-order valence-electron chi connectivity index (χ3n) is 2.56. The van der Waals surface area contributed by atoms with Gasteiger partial charge in [-0.3, -0.25) is 0 Å². The molecule has 1 fully saturated rings. The first-order valence-electron chi connectivity index (χ1n) is 4.21. The van der Waals surface area contributed by atoms with Crippen LogP contribution in [0.2, 0.25) is 0 Å². The Morgan fingerprint density at radius 1 is 1.45 bits per heavy atom. The van der Waals surface area contributed by atoms with Crippen LogP contribution in [0.4, 0.5) is 4.39 Å². The van der Waals surface area contributed by atoms with Crippen molar-refractivity contribution in [2.45, 2.75) is 37.6 Å². The number of halogens is 1. The second-order valence-electron chi connectivity index (χ2n) is 3.58. The SMILES string of the molecule is C=S(C)C1CCCC(C)C1F. The fraction of sp³-hybridized carbons (Fsp3) is 0.889. The summed E-state index contributed by atoms with van der Waals surface area (Å²) < 4.78 is 13.5. The lowest BCUT2D eigenvalue weighted by molar-refractivity contribution is 0.187. The molecule has 1 aliphatic carbocycles. The lowest BCUT2D eigenvalue weighted by Crippen LogP contribution is -2.31. The highest BCUT2D eigenvalue weighted by Crippen LogP contribution is 2.35. The predicted octanol–water partition coefficient (Wildman–Crippen LogP) is 2.84. The Labute approximate surface area is 71.1 Å². The largest absolute Gasteiger partial charge is 0.246 e. The van der Waals surface area contributed by atoms with Gasteiger partial charge in [-0.05, 0) is 25.0 Å². The van der Waals surface area contributed by atoms with E-state index in [1.165, 1.54) is 6.42 Å². The fourth-order valence-electron chi connectivity index (χ4n) is 1.75. The molecule has 66 valence electrons. The van der Waals surface area contributed by atoms with E-state index in [0.717, 1.165) is 12.8 Å². The maximum atomic E-state index is 13.5. The Balaban J connectivity index is 2.58. The van der Waals surface area contributed by atoms with Crippen LogP contribution < -0.4 is 0 Å². The zero-order valence-electron chi connectivity index (χ0n) is 7.35. The maximum Gasteiger partial charge on any atom is 0.114 e. The minimum absolute atomic E-state index is 0.0222. The molecule has 2 heteroatoms. The summed E-state index contributed by atoms with van der Waals surface area (Å²) in [6, 6.07) is 0. The van der Waals surface area contributed by atoms with E-state index in [0.29, 0.717) is 0 Å². The van der Waals surface area contributed by atoms with Crippen molar-refractivity contribution in [1.29, 1.82) is 0 Å². The van der Waals surface area contributed by atoms with E-state index < -0.39 is 6.17 Å². The second kappa shape index (κ2) is 3.70. The average molecular weight is 176 g/mol. The molecule has 0 spiro atoms. The molecule has 0 aliphatic heterocycles. The van der Waals surface area contributed by atoms with Gasteiger partial charge in [0.2, 0.25) is 0 Å². The van der Waals surface area contributed by atoms with Gasteiger partial charge in [-0.1, -0.05) is 19.2 Å². The molecule has 0 nitrogen and oxygen atoms in total. The van der Waals surface area contributed by atoms with Gasteiger partial charge >= 0.3 is 0 Å². The van der Waals surface area contributed by atoms with Crippen molar-refractivity contribution in [3.8, 4) is 0 Å². The first-order chi connectivity index (χ1) is 5.13. The minimum Gasteiger partial charge on any atom is -0.246 e. The van der Waals surface area contributed by atoms with Crippen molar-refractivity contribution in [2.75, 3.05) is 6.26 Å². The maximum absolute atomic E-state index is 13.5. The molecule has 11 heavy (non-hydrogen) atoms. The molecule has 0 N–H and O–H groups in total. The first kappa shape index (κ1) is 9.24. The number of hydrogen-bond acceptors (Lipinski definition) is 0. The smallest absolute Gasteiger partial charge is 0.114 e. The lowest BCUT2D eigenvalue weighted by Gasteiger charge is -2.31. The average Bonchev–Trinajstić information content (AvgIpc) is 1.94. The Kier molecular flexibility index (Phi) is 3.11. The highest BCUT2D eigenvalue weighted by molar-refractivity contribution is 8.14. The van der Waals surface area contributed by atoms with E-state index in [-0.39, 0.29) is 21.7 Å². The number of rotatable bonds is 1. The minimum atomic E-state index is -0.588. The van der Waals surface area contributed by atoms with Crippen LogP contribution in [0.25, 0.3) is 0 Å². The quantitative estimate of drug-likeness (QED) is 0.539. The van der Waals surface area contributed by atoms with Crippen LogP contribution in [0, 0.1) is 5.92 Å². The molecule has 0 aromatic carbocycles. The lowest BCUT2D eigenvalue weighted by atomic mass is 9.89. The van der Waals surface area contributed by atoms with Gasteiger partial charge in [0.1, 0.15) is 6.17 Å². The Morgan fingerprint density at radius 3 is 2.55 bits per heavy atom. The predicted molar refractivity (Wildman–Crippen MR) is 52.3 cm³/mol. The molecule has 0 saturated heterocycles. The zero-order valence-corrected chi connectivity index (χ0v) is 8.16. The summed E-state index contributed by atoms with van der Waals surface area (Å²) in [7, 11) is 0.0222. The molecule has 0 amide bonds. The van der Waals surface area contributed by atoms with Gasteiger partial charge in [0.05, 0.1) is 0 Å². The first-order valence-corrected chi connectivity index (χ1v) is 6.08. The van der Waals surface area contributed by atoms with Gasteiger partial charge in [0, 0.05) is 5.25 Å². The number of hydrogen-bond donors (Lipinski definition) is 0. The van der Waals surface area contributed by atoms with E-state index in [9.17, 15) is 4.39 Å². The van der Waals surface area contributed by atoms with Crippen molar-refractivity contribution in [1.82, 2.24) is 0 Å². The third-order valence-corrected chi connectivity index (χ3v) is 4.09. The summed E-state index contributed by atoms with van der Waals surface area (Å²) in [6.07, 6.45) is 4.77. The van der Waals surface area contributed by atoms with Crippen molar-refractivity contribution in [3.05, 3.63) is 0 Å². The third kappa shape index (κ3) is 2.05. The van der Waals surface area contributed by atoms with Crippen LogP contribution in [0.3, 0.4) is 0 Å². The van der Waals surface area contributed by atoms with Gasteiger partial charge in [-0.15, -0.1) is 0 Å². The molecule has 4 atom stereocenters. The summed E-state index contributed by atoms with van der Waals surface area (Å²) >= 11 is 0. The Bertz CT molecular complexity index is 156.